The fourth-order valence-corrected chi connectivity index (χ4v) is 3.88. The molecule has 5 aromatic rings. The molecular weight excluding hydrogens is 414 g/mol. The van der Waals surface area contributed by atoms with Gasteiger partial charge in [0.15, 0.2) is 11.2 Å². The standard InChI is InChI=1S/C22H19N5O5/c1-25-20-19(21(29)26(2)22(25)30)27(11-23-20)10-18(28)24-14-9-16-13(8-17(14)31-3)12-6-4-5-7-15(12)32-16/h4-9,11H,10H2,1-3H3,(H,24,28). The van der Waals surface area contributed by atoms with E-state index in [1.807, 2.05) is 30.3 Å². The number of aromatic nitrogens is 4. The van der Waals surface area contributed by atoms with E-state index in [0.29, 0.717) is 17.0 Å². The topological polar surface area (TPSA) is 113 Å². The van der Waals surface area contributed by atoms with Crippen molar-refractivity contribution in [3.05, 3.63) is 63.6 Å². The first-order valence-electron chi connectivity index (χ1n) is 9.79. The second kappa shape index (κ2) is 7.12. The Morgan fingerprint density at radius 2 is 1.88 bits per heavy atom. The van der Waals surface area contributed by atoms with Gasteiger partial charge in [0.05, 0.1) is 19.1 Å². The summed E-state index contributed by atoms with van der Waals surface area (Å²) in [5.74, 6) is 0.0835. The van der Waals surface area contributed by atoms with Crippen molar-refractivity contribution in [2.75, 3.05) is 12.4 Å². The number of anilines is 1. The van der Waals surface area contributed by atoms with Crippen molar-refractivity contribution in [1.29, 1.82) is 0 Å². The minimum atomic E-state index is -0.519. The van der Waals surface area contributed by atoms with E-state index in [2.05, 4.69) is 10.3 Å². The largest absolute Gasteiger partial charge is 0.495 e. The molecule has 1 N–H and O–H groups in total. The number of carbonyl (C=O) groups is 1. The van der Waals surface area contributed by atoms with Crippen molar-refractivity contribution in [2.45, 2.75) is 6.54 Å². The molecule has 32 heavy (non-hydrogen) atoms. The Morgan fingerprint density at radius 1 is 1.09 bits per heavy atom. The van der Waals surface area contributed by atoms with Crippen LogP contribution >= 0.6 is 0 Å². The van der Waals surface area contributed by atoms with Crippen LogP contribution in [0.25, 0.3) is 33.1 Å². The Morgan fingerprint density at radius 3 is 2.66 bits per heavy atom. The molecule has 3 heterocycles. The highest BCUT2D eigenvalue weighted by molar-refractivity contribution is 6.07. The average Bonchev–Trinajstić information content (AvgIpc) is 3.36. The number of ether oxygens (including phenoxy) is 1. The summed E-state index contributed by atoms with van der Waals surface area (Å²) in [5, 5.41) is 4.64. The fourth-order valence-electron chi connectivity index (χ4n) is 3.88. The lowest BCUT2D eigenvalue weighted by molar-refractivity contribution is -0.116. The number of nitrogens with zero attached hydrogens (tertiary/aromatic N) is 4. The molecule has 2 aromatic carbocycles. The van der Waals surface area contributed by atoms with E-state index >= 15 is 0 Å². The van der Waals surface area contributed by atoms with Crippen molar-refractivity contribution in [3.8, 4) is 5.75 Å². The first kappa shape index (κ1) is 19.6. The summed E-state index contributed by atoms with van der Waals surface area (Å²) in [6, 6.07) is 11.2. The molecule has 3 aromatic heterocycles. The molecule has 0 bridgehead atoms. The van der Waals surface area contributed by atoms with E-state index in [1.54, 1.807) is 6.07 Å². The maximum Gasteiger partial charge on any atom is 0.332 e. The van der Waals surface area contributed by atoms with Crippen molar-refractivity contribution < 1.29 is 13.9 Å². The number of benzene rings is 2. The van der Waals surface area contributed by atoms with Crippen molar-refractivity contribution in [1.82, 2.24) is 18.7 Å². The number of para-hydroxylation sites is 1. The number of methoxy groups -OCH3 is 1. The quantitative estimate of drug-likeness (QED) is 0.464. The van der Waals surface area contributed by atoms with Gasteiger partial charge in [0.1, 0.15) is 23.5 Å². The normalized spacial score (nSPS) is 11.5. The number of imidazole rings is 1. The molecule has 10 nitrogen and oxygen atoms in total. The van der Waals surface area contributed by atoms with Gasteiger partial charge in [-0.2, -0.15) is 0 Å². The molecule has 0 radical (unpaired) electrons. The third-order valence-corrected chi connectivity index (χ3v) is 5.50. The van der Waals surface area contributed by atoms with Crippen LogP contribution in [0.4, 0.5) is 5.69 Å². The molecule has 0 atom stereocenters. The Kier molecular flexibility index (Phi) is 4.36. The van der Waals surface area contributed by atoms with Crippen LogP contribution in [0.3, 0.4) is 0 Å². The lowest BCUT2D eigenvalue weighted by atomic mass is 10.1. The number of furan rings is 1. The Labute approximate surface area is 180 Å². The van der Waals surface area contributed by atoms with Gasteiger partial charge in [-0.05, 0) is 12.1 Å². The first-order valence-corrected chi connectivity index (χ1v) is 9.79. The molecule has 0 unspecified atom stereocenters. The van der Waals surface area contributed by atoms with E-state index in [4.69, 9.17) is 9.15 Å². The minimum Gasteiger partial charge on any atom is -0.495 e. The molecule has 0 aliphatic heterocycles. The van der Waals surface area contributed by atoms with Gasteiger partial charge in [0.2, 0.25) is 5.91 Å². The minimum absolute atomic E-state index is 0.171. The summed E-state index contributed by atoms with van der Waals surface area (Å²) in [6.45, 7) is -0.175. The van der Waals surface area contributed by atoms with Gasteiger partial charge in [-0.1, -0.05) is 18.2 Å². The zero-order chi connectivity index (χ0) is 22.6. The van der Waals surface area contributed by atoms with Crippen LogP contribution in [0.2, 0.25) is 0 Å². The Hall–Kier alpha value is -4.34. The number of nitrogens with one attached hydrogen (secondary N) is 1. The van der Waals surface area contributed by atoms with Crippen LogP contribution in [0.1, 0.15) is 0 Å². The van der Waals surface area contributed by atoms with Gasteiger partial charge in [0.25, 0.3) is 5.56 Å². The van der Waals surface area contributed by atoms with Crippen LogP contribution in [0.5, 0.6) is 5.75 Å². The van der Waals surface area contributed by atoms with E-state index in [1.165, 1.54) is 36.7 Å². The molecule has 10 heteroatoms. The number of hydrogen-bond acceptors (Lipinski definition) is 6. The van der Waals surface area contributed by atoms with Gasteiger partial charge >= 0.3 is 5.69 Å². The summed E-state index contributed by atoms with van der Waals surface area (Å²) in [7, 11) is 4.43. The molecule has 0 saturated carbocycles. The van der Waals surface area contributed by atoms with Crippen LogP contribution in [-0.2, 0) is 25.4 Å². The number of amides is 1. The number of aryl methyl sites for hydroxylation is 1. The monoisotopic (exact) mass is 433 g/mol. The smallest absolute Gasteiger partial charge is 0.332 e. The molecule has 0 fully saturated rings. The van der Waals surface area contributed by atoms with E-state index < -0.39 is 17.2 Å². The highest BCUT2D eigenvalue weighted by Gasteiger charge is 2.18. The highest BCUT2D eigenvalue weighted by atomic mass is 16.5. The summed E-state index contributed by atoms with van der Waals surface area (Å²) in [4.78, 5) is 41.6. The van der Waals surface area contributed by atoms with Gasteiger partial charge < -0.3 is 19.0 Å². The zero-order valence-corrected chi connectivity index (χ0v) is 17.6. The lowest BCUT2D eigenvalue weighted by Gasteiger charge is -2.11. The fraction of sp³-hybridized carbons (Fsp3) is 0.182. The van der Waals surface area contributed by atoms with Gasteiger partial charge in [0, 0.05) is 30.9 Å². The van der Waals surface area contributed by atoms with Crippen molar-refractivity contribution in [2.24, 2.45) is 14.1 Å². The van der Waals surface area contributed by atoms with Crippen LogP contribution in [-0.4, -0.2) is 31.7 Å². The predicted octanol–water partition coefficient (Wildman–Crippen LogP) is 1.98. The van der Waals surface area contributed by atoms with Crippen molar-refractivity contribution in [3.63, 3.8) is 0 Å². The summed E-state index contributed by atoms with van der Waals surface area (Å²) in [5.41, 5.74) is 1.17. The first-order chi connectivity index (χ1) is 15.4. The van der Waals surface area contributed by atoms with E-state index in [9.17, 15) is 14.4 Å². The molecule has 5 rings (SSSR count). The average molecular weight is 433 g/mol. The van der Waals surface area contributed by atoms with Crippen LogP contribution in [0, 0.1) is 0 Å². The number of rotatable bonds is 4. The molecular formula is C22H19N5O5. The van der Waals surface area contributed by atoms with Crippen LogP contribution < -0.4 is 21.3 Å². The SMILES string of the molecule is COc1cc2c(cc1NC(=O)Cn1cnc3c1c(=O)n(C)c(=O)n3C)oc1ccccc12. The summed E-state index contributed by atoms with van der Waals surface area (Å²) < 4.78 is 15.0. The van der Waals surface area contributed by atoms with Gasteiger partial charge in [-0.25, -0.2) is 9.78 Å². The van der Waals surface area contributed by atoms with E-state index in [0.717, 1.165) is 20.9 Å². The number of carbonyl (C=O) groups excluding carboxylic acids is 1. The van der Waals surface area contributed by atoms with Crippen molar-refractivity contribution >= 4 is 44.7 Å². The van der Waals surface area contributed by atoms with E-state index in [-0.39, 0.29) is 17.7 Å². The third kappa shape index (κ3) is 2.88. The van der Waals surface area contributed by atoms with Gasteiger partial charge in [-0.3, -0.25) is 18.7 Å². The maximum atomic E-state index is 12.8. The molecule has 0 aliphatic rings. The number of hydrogen-bond donors (Lipinski definition) is 1. The molecule has 0 saturated heterocycles. The number of fused-ring (bicyclic) bond motifs is 4. The van der Waals surface area contributed by atoms with Crippen LogP contribution in [0.15, 0.2) is 56.7 Å². The lowest BCUT2D eigenvalue weighted by Crippen LogP contribution is -2.37. The molecule has 0 aliphatic carbocycles. The summed E-state index contributed by atoms with van der Waals surface area (Å²) >= 11 is 0. The highest BCUT2D eigenvalue weighted by Crippen LogP contribution is 2.36. The Balaban J connectivity index is 1.51. The second-order valence-corrected chi connectivity index (χ2v) is 7.45. The molecule has 0 spiro atoms. The Bertz CT molecular complexity index is 1650. The van der Waals surface area contributed by atoms with Gasteiger partial charge in [-0.15, -0.1) is 0 Å². The predicted molar refractivity (Wildman–Crippen MR) is 119 cm³/mol. The zero-order valence-electron chi connectivity index (χ0n) is 17.6. The third-order valence-electron chi connectivity index (χ3n) is 5.50. The molecule has 1 amide bonds. The molecule has 162 valence electrons. The summed E-state index contributed by atoms with van der Waals surface area (Å²) in [6.07, 6.45) is 1.37. The maximum absolute atomic E-state index is 12.8. The second-order valence-electron chi connectivity index (χ2n) is 7.45.